The summed E-state index contributed by atoms with van der Waals surface area (Å²) in [5.74, 6) is 5.88. The van der Waals surface area contributed by atoms with Gasteiger partial charge in [-0.2, -0.15) is 4.68 Å². The molecule has 0 fully saturated rings. The number of anilines is 2. The van der Waals surface area contributed by atoms with Gasteiger partial charge in [0, 0.05) is 16.5 Å². The molecule has 0 spiro atoms. The number of hydrogen-bond acceptors (Lipinski definition) is 8. The molecule has 0 unspecified atom stereocenters. The lowest BCUT2D eigenvalue weighted by molar-refractivity contribution is 0.0601. The van der Waals surface area contributed by atoms with Crippen LogP contribution < -0.4 is 16.7 Å². The number of nitrogen functional groups attached to an aromatic ring is 1. The second-order valence-corrected chi connectivity index (χ2v) is 6.93. The standard InChI is InChI=1S/C18H16ClN5O3S/c1-27-17(26)11-6-8-13(9-7-11)21-15-16(25)24(20)18(23-22-15)28-10-12-4-2-3-5-14(12)19/h2-9H,10,20H2,1H3,(H,21,22). The third-order valence-corrected chi connectivity index (χ3v) is 5.11. The Balaban J connectivity index is 1.74. The summed E-state index contributed by atoms with van der Waals surface area (Å²) in [7, 11) is 1.30. The zero-order valence-electron chi connectivity index (χ0n) is 14.8. The van der Waals surface area contributed by atoms with Crippen LogP contribution in [0.5, 0.6) is 0 Å². The van der Waals surface area contributed by atoms with Crippen molar-refractivity contribution in [3.63, 3.8) is 0 Å². The van der Waals surface area contributed by atoms with Gasteiger partial charge in [-0.3, -0.25) is 4.79 Å². The van der Waals surface area contributed by atoms with Gasteiger partial charge in [0.25, 0.3) is 0 Å². The highest BCUT2D eigenvalue weighted by Crippen LogP contribution is 2.24. The van der Waals surface area contributed by atoms with E-state index in [0.717, 1.165) is 10.2 Å². The second-order valence-electron chi connectivity index (χ2n) is 5.58. The topological polar surface area (TPSA) is 112 Å². The molecule has 1 heterocycles. The maximum atomic E-state index is 12.5. The molecular formula is C18H16ClN5O3S. The fraction of sp³-hybridized carbons (Fsp3) is 0.111. The van der Waals surface area contributed by atoms with Crippen LogP contribution in [0.1, 0.15) is 15.9 Å². The lowest BCUT2D eigenvalue weighted by Crippen LogP contribution is -2.32. The van der Waals surface area contributed by atoms with E-state index in [1.807, 2.05) is 18.2 Å². The minimum Gasteiger partial charge on any atom is -0.465 e. The molecule has 0 atom stereocenters. The van der Waals surface area contributed by atoms with Crippen molar-refractivity contribution in [1.29, 1.82) is 0 Å². The molecule has 0 saturated carbocycles. The first-order valence-corrected chi connectivity index (χ1v) is 9.42. The number of carbonyl (C=O) groups is 1. The maximum absolute atomic E-state index is 12.5. The summed E-state index contributed by atoms with van der Waals surface area (Å²) >= 11 is 7.38. The van der Waals surface area contributed by atoms with Gasteiger partial charge in [0.2, 0.25) is 11.0 Å². The minimum absolute atomic E-state index is 0.0320. The molecule has 3 rings (SSSR count). The molecule has 8 nitrogen and oxygen atoms in total. The summed E-state index contributed by atoms with van der Waals surface area (Å²) in [6, 6.07) is 13.8. The van der Waals surface area contributed by atoms with E-state index >= 15 is 0 Å². The minimum atomic E-state index is -0.534. The van der Waals surface area contributed by atoms with E-state index in [2.05, 4.69) is 20.3 Å². The van der Waals surface area contributed by atoms with E-state index in [1.54, 1.807) is 30.3 Å². The van der Waals surface area contributed by atoms with Crippen molar-refractivity contribution in [3.8, 4) is 0 Å². The Bertz CT molecular complexity index is 1060. The monoisotopic (exact) mass is 417 g/mol. The van der Waals surface area contributed by atoms with Crippen molar-refractivity contribution in [3.05, 3.63) is 75.0 Å². The second kappa shape index (κ2) is 8.77. The van der Waals surface area contributed by atoms with Gasteiger partial charge in [0.15, 0.2) is 0 Å². The number of nitrogens with zero attached hydrogens (tertiary/aromatic N) is 3. The third-order valence-electron chi connectivity index (χ3n) is 3.75. The average Bonchev–Trinajstić information content (AvgIpc) is 2.72. The van der Waals surface area contributed by atoms with E-state index in [1.165, 1.54) is 18.9 Å². The zero-order valence-corrected chi connectivity index (χ0v) is 16.3. The van der Waals surface area contributed by atoms with E-state index in [9.17, 15) is 9.59 Å². The predicted octanol–water partition coefficient (Wildman–Crippen LogP) is 2.83. The molecule has 2 aromatic carbocycles. The van der Waals surface area contributed by atoms with Crippen LogP contribution in [0.4, 0.5) is 11.5 Å². The first-order valence-electron chi connectivity index (χ1n) is 8.06. The van der Waals surface area contributed by atoms with Crippen LogP contribution in [0.25, 0.3) is 0 Å². The van der Waals surface area contributed by atoms with Gasteiger partial charge in [-0.1, -0.05) is 41.6 Å². The molecule has 0 aliphatic heterocycles. The fourth-order valence-corrected chi connectivity index (χ4v) is 3.40. The lowest BCUT2D eigenvalue weighted by Gasteiger charge is -2.09. The SMILES string of the molecule is COC(=O)c1ccc(Nc2nnc(SCc3ccccc3Cl)n(N)c2=O)cc1. The Labute approximate surface area is 169 Å². The number of halogens is 1. The molecule has 0 radical (unpaired) electrons. The smallest absolute Gasteiger partial charge is 0.337 e. The molecule has 0 saturated heterocycles. The van der Waals surface area contributed by atoms with Crippen LogP contribution in [0.2, 0.25) is 5.02 Å². The molecule has 0 bridgehead atoms. The van der Waals surface area contributed by atoms with Crippen LogP contribution in [-0.2, 0) is 10.5 Å². The van der Waals surface area contributed by atoms with E-state index in [-0.39, 0.29) is 11.0 Å². The van der Waals surface area contributed by atoms with Crippen molar-refractivity contribution >= 4 is 40.8 Å². The average molecular weight is 418 g/mol. The van der Waals surface area contributed by atoms with Crippen molar-refractivity contribution in [2.75, 3.05) is 18.3 Å². The molecule has 1 aromatic heterocycles. The Kier molecular flexibility index (Phi) is 6.17. The van der Waals surface area contributed by atoms with Gasteiger partial charge in [-0.15, -0.1) is 10.2 Å². The molecule has 28 heavy (non-hydrogen) atoms. The Morgan fingerprint density at radius 2 is 1.93 bits per heavy atom. The summed E-state index contributed by atoms with van der Waals surface area (Å²) in [5, 5.41) is 11.7. The molecule has 144 valence electrons. The molecule has 0 aliphatic carbocycles. The summed E-state index contributed by atoms with van der Waals surface area (Å²) < 4.78 is 5.57. The molecule has 3 aromatic rings. The summed E-state index contributed by atoms with van der Waals surface area (Å²) in [6.07, 6.45) is 0. The first kappa shape index (κ1) is 19.7. The Morgan fingerprint density at radius 1 is 1.21 bits per heavy atom. The van der Waals surface area contributed by atoms with E-state index in [4.69, 9.17) is 17.4 Å². The lowest BCUT2D eigenvalue weighted by atomic mass is 10.2. The highest BCUT2D eigenvalue weighted by atomic mass is 35.5. The number of ether oxygens (including phenoxy) is 1. The fourth-order valence-electron chi connectivity index (χ4n) is 2.26. The largest absolute Gasteiger partial charge is 0.465 e. The van der Waals surface area contributed by atoms with Crippen molar-refractivity contribution in [2.45, 2.75) is 10.9 Å². The maximum Gasteiger partial charge on any atom is 0.337 e. The molecule has 10 heteroatoms. The highest BCUT2D eigenvalue weighted by Gasteiger charge is 2.12. The Morgan fingerprint density at radius 3 is 2.61 bits per heavy atom. The van der Waals surface area contributed by atoms with Gasteiger partial charge in [-0.25, -0.2) is 4.79 Å². The number of rotatable bonds is 6. The predicted molar refractivity (Wildman–Crippen MR) is 109 cm³/mol. The number of thioether (sulfide) groups is 1. The van der Waals surface area contributed by atoms with Gasteiger partial charge in [0.05, 0.1) is 12.7 Å². The van der Waals surface area contributed by atoms with Gasteiger partial charge in [0.1, 0.15) is 0 Å². The first-order chi connectivity index (χ1) is 13.5. The number of nitrogens with one attached hydrogen (secondary N) is 1. The van der Waals surface area contributed by atoms with Gasteiger partial charge < -0.3 is 15.9 Å². The highest BCUT2D eigenvalue weighted by molar-refractivity contribution is 7.98. The van der Waals surface area contributed by atoms with Gasteiger partial charge in [-0.05, 0) is 35.9 Å². The molecule has 3 N–H and O–H groups in total. The van der Waals surface area contributed by atoms with Crippen molar-refractivity contribution in [1.82, 2.24) is 14.9 Å². The third kappa shape index (κ3) is 4.44. The van der Waals surface area contributed by atoms with Crippen molar-refractivity contribution < 1.29 is 9.53 Å². The van der Waals surface area contributed by atoms with E-state index in [0.29, 0.717) is 22.0 Å². The van der Waals surface area contributed by atoms with Crippen LogP contribution in [0.3, 0.4) is 0 Å². The summed E-state index contributed by atoms with van der Waals surface area (Å²) in [6.45, 7) is 0. The normalized spacial score (nSPS) is 10.5. The number of hydrogen-bond donors (Lipinski definition) is 2. The number of methoxy groups -OCH3 is 1. The number of esters is 1. The van der Waals surface area contributed by atoms with Crippen LogP contribution >= 0.6 is 23.4 Å². The van der Waals surface area contributed by atoms with E-state index < -0.39 is 11.5 Å². The quantitative estimate of drug-likeness (QED) is 0.357. The molecule has 0 amide bonds. The number of aromatic nitrogens is 3. The van der Waals surface area contributed by atoms with Crippen LogP contribution in [-0.4, -0.2) is 28.0 Å². The summed E-state index contributed by atoms with van der Waals surface area (Å²) in [5.41, 5.74) is 1.31. The molecule has 0 aliphatic rings. The van der Waals surface area contributed by atoms with Crippen LogP contribution in [0.15, 0.2) is 58.5 Å². The molecular weight excluding hydrogens is 402 g/mol. The number of nitrogens with two attached hydrogens (primary N) is 1. The summed E-state index contributed by atoms with van der Waals surface area (Å²) in [4.78, 5) is 23.9. The van der Waals surface area contributed by atoms with Gasteiger partial charge >= 0.3 is 11.5 Å². The number of carbonyl (C=O) groups excluding carboxylic acids is 1. The van der Waals surface area contributed by atoms with Crippen molar-refractivity contribution in [2.24, 2.45) is 0 Å². The van der Waals surface area contributed by atoms with Crippen LogP contribution in [0, 0.1) is 0 Å². The zero-order chi connectivity index (χ0) is 20.1. The Hall–Kier alpha value is -3.04. The number of benzene rings is 2.